The van der Waals surface area contributed by atoms with Gasteiger partial charge in [-0.25, -0.2) is 0 Å². The zero-order valence-corrected chi connectivity index (χ0v) is 11.9. The predicted molar refractivity (Wildman–Crippen MR) is 69.2 cm³/mol. The summed E-state index contributed by atoms with van der Waals surface area (Å²) >= 11 is -2.78. The van der Waals surface area contributed by atoms with Crippen molar-refractivity contribution in [1.82, 2.24) is 0 Å². The van der Waals surface area contributed by atoms with Gasteiger partial charge in [0.15, 0.2) is 0 Å². The maximum atomic E-state index is 11.0. The molecule has 0 N–H and O–H groups in total. The molecule has 0 fully saturated rings. The molecule has 0 aromatic heterocycles. The van der Waals surface area contributed by atoms with Crippen LogP contribution in [0.15, 0.2) is 24.3 Å². The van der Waals surface area contributed by atoms with E-state index < -0.39 is 32.6 Å². The Kier molecular flexibility index (Phi) is 5.20. The predicted octanol–water partition coefficient (Wildman–Crippen LogP) is 2.33. The molecule has 0 atom stereocenters. The summed E-state index contributed by atoms with van der Waals surface area (Å²) in [5.41, 5.74) is 0. The van der Waals surface area contributed by atoms with Gasteiger partial charge < -0.3 is 0 Å². The molecule has 1 aromatic carbocycles. The fourth-order valence-electron chi connectivity index (χ4n) is 1.03. The van der Waals surface area contributed by atoms with E-state index in [0.717, 1.165) is 0 Å². The Morgan fingerprint density at radius 2 is 1.59 bits per heavy atom. The summed E-state index contributed by atoms with van der Waals surface area (Å²) < 4.78 is 16.0. The molecule has 0 bridgehead atoms. The summed E-state index contributed by atoms with van der Waals surface area (Å²) in [6, 6.07) is 7.02. The molecule has 1 aromatic rings. The van der Waals surface area contributed by atoms with Gasteiger partial charge >= 0.3 is 108 Å². The van der Waals surface area contributed by atoms with Crippen LogP contribution in [0.5, 0.6) is 5.75 Å². The van der Waals surface area contributed by atoms with E-state index in [1.165, 1.54) is 21.0 Å². The van der Waals surface area contributed by atoms with Gasteiger partial charge in [-0.15, -0.1) is 0 Å². The topological polar surface area (TPSA) is 61.8 Å². The minimum atomic E-state index is -2.78. The summed E-state index contributed by atoms with van der Waals surface area (Å²) in [4.78, 5) is 22.0. The SMILES string of the molecule is COc1ccccc1I(OC(C)=O)OC(C)=O. The number of hydrogen-bond acceptors (Lipinski definition) is 5. The fourth-order valence-corrected chi connectivity index (χ4v) is 4.06. The van der Waals surface area contributed by atoms with Crippen molar-refractivity contribution in [2.45, 2.75) is 13.8 Å². The van der Waals surface area contributed by atoms with Crippen LogP contribution in [0.2, 0.25) is 0 Å². The number of halogens is 1. The van der Waals surface area contributed by atoms with E-state index in [0.29, 0.717) is 9.32 Å². The number of rotatable bonds is 4. The molecule has 0 aliphatic carbocycles. The molecule has 6 heteroatoms. The van der Waals surface area contributed by atoms with Crippen molar-refractivity contribution in [3.05, 3.63) is 27.8 Å². The summed E-state index contributed by atoms with van der Waals surface area (Å²) in [6.45, 7) is 2.56. The third-order valence-electron chi connectivity index (χ3n) is 1.58. The van der Waals surface area contributed by atoms with Gasteiger partial charge in [-0.3, -0.25) is 0 Å². The van der Waals surface area contributed by atoms with Crippen LogP contribution in [-0.4, -0.2) is 19.0 Å². The van der Waals surface area contributed by atoms with E-state index in [-0.39, 0.29) is 0 Å². The molecule has 5 nitrogen and oxygen atoms in total. The second-order valence-electron chi connectivity index (χ2n) is 2.99. The first-order valence-corrected chi connectivity index (χ1v) is 7.59. The van der Waals surface area contributed by atoms with Crippen molar-refractivity contribution in [3.8, 4) is 5.75 Å². The molecular formula is C11H13IO5. The van der Waals surface area contributed by atoms with Gasteiger partial charge in [0.05, 0.1) is 0 Å². The van der Waals surface area contributed by atoms with E-state index in [1.807, 2.05) is 0 Å². The standard InChI is InChI=1S/C11H13IO5/c1-8(13)16-12(17-9(2)14)10-6-4-5-7-11(10)15-3/h4-7H,1-3H3. The molecule has 0 spiro atoms. The van der Waals surface area contributed by atoms with Crippen LogP contribution < -0.4 is 4.74 Å². The van der Waals surface area contributed by atoms with Gasteiger partial charge in [-0.05, 0) is 0 Å². The molecule has 0 unspecified atom stereocenters. The Labute approximate surface area is 108 Å². The van der Waals surface area contributed by atoms with Crippen LogP contribution in [0.1, 0.15) is 13.8 Å². The average molecular weight is 352 g/mol. The monoisotopic (exact) mass is 352 g/mol. The molecule has 1 rings (SSSR count). The van der Waals surface area contributed by atoms with Crippen LogP contribution in [0.25, 0.3) is 0 Å². The van der Waals surface area contributed by atoms with Gasteiger partial charge in [0.1, 0.15) is 0 Å². The molecule has 0 aliphatic heterocycles. The first-order chi connectivity index (χ1) is 8.04. The summed E-state index contributed by atoms with van der Waals surface area (Å²) in [7, 11) is 1.51. The van der Waals surface area contributed by atoms with Gasteiger partial charge in [0.25, 0.3) is 0 Å². The zero-order valence-electron chi connectivity index (χ0n) is 9.73. The van der Waals surface area contributed by atoms with Gasteiger partial charge in [-0.1, -0.05) is 0 Å². The van der Waals surface area contributed by atoms with E-state index in [2.05, 4.69) is 0 Å². The maximum absolute atomic E-state index is 11.0. The second-order valence-corrected chi connectivity index (χ2v) is 6.27. The molecule has 0 heterocycles. The quantitative estimate of drug-likeness (QED) is 0.779. The molecule has 0 saturated carbocycles. The molecule has 17 heavy (non-hydrogen) atoms. The normalized spacial score (nSPS) is 10.4. The van der Waals surface area contributed by atoms with Gasteiger partial charge in [0.2, 0.25) is 0 Å². The van der Waals surface area contributed by atoms with Crippen molar-refractivity contribution in [3.63, 3.8) is 0 Å². The van der Waals surface area contributed by atoms with E-state index in [4.69, 9.17) is 10.9 Å². The number of carbonyl (C=O) groups excluding carboxylic acids is 2. The molecule has 0 saturated heterocycles. The van der Waals surface area contributed by atoms with Crippen LogP contribution in [-0.2, 0) is 15.7 Å². The van der Waals surface area contributed by atoms with Crippen LogP contribution >= 0.6 is 20.6 Å². The van der Waals surface area contributed by atoms with Gasteiger partial charge in [0, 0.05) is 0 Å². The Bertz CT molecular complexity index is 402. The summed E-state index contributed by atoms with van der Waals surface area (Å²) in [5, 5.41) is 0. The van der Waals surface area contributed by atoms with Crippen LogP contribution in [0.4, 0.5) is 0 Å². The number of benzene rings is 1. The number of carbonyl (C=O) groups is 2. The molecule has 0 aliphatic rings. The third kappa shape index (κ3) is 4.22. The van der Waals surface area contributed by atoms with Crippen molar-refractivity contribution >= 4 is 32.6 Å². The number of methoxy groups -OCH3 is 1. The Morgan fingerprint density at radius 3 is 2.06 bits per heavy atom. The van der Waals surface area contributed by atoms with Crippen LogP contribution in [0.3, 0.4) is 0 Å². The molecular weight excluding hydrogens is 339 g/mol. The Morgan fingerprint density at radius 1 is 1.06 bits per heavy atom. The summed E-state index contributed by atoms with van der Waals surface area (Å²) in [5.74, 6) is -0.384. The van der Waals surface area contributed by atoms with E-state index in [1.54, 1.807) is 24.3 Å². The second kappa shape index (κ2) is 6.43. The van der Waals surface area contributed by atoms with E-state index >= 15 is 0 Å². The van der Waals surface area contributed by atoms with Crippen molar-refractivity contribution in [1.29, 1.82) is 0 Å². The zero-order chi connectivity index (χ0) is 12.8. The molecule has 94 valence electrons. The first kappa shape index (κ1) is 13.8. The molecule has 0 radical (unpaired) electrons. The first-order valence-electron chi connectivity index (χ1n) is 4.75. The number of para-hydroxylation sites is 1. The van der Waals surface area contributed by atoms with Gasteiger partial charge in [-0.2, -0.15) is 0 Å². The van der Waals surface area contributed by atoms with Crippen molar-refractivity contribution < 1.29 is 20.5 Å². The summed E-state index contributed by atoms with van der Waals surface area (Å²) in [6.07, 6.45) is 0. The number of ether oxygens (including phenoxy) is 1. The third-order valence-corrected chi connectivity index (χ3v) is 5.46. The van der Waals surface area contributed by atoms with Crippen molar-refractivity contribution in [2.75, 3.05) is 7.11 Å². The van der Waals surface area contributed by atoms with Crippen LogP contribution in [0, 0.1) is 3.57 Å². The molecule has 0 amide bonds. The Hall–Kier alpha value is -1.31. The fraction of sp³-hybridized carbons (Fsp3) is 0.273. The Balaban J connectivity index is 3.02. The van der Waals surface area contributed by atoms with Crippen molar-refractivity contribution in [2.24, 2.45) is 0 Å². The average Bonchev–Trinajstić information content (AvgIpc) is 2.27. The van der Waals surface area contributed by atoms with E-state index in [9.17, 15) is 9.59 Å². The minimum absolute atomic E-state index is 0.470. The number of hydrogen-bond donors (Lipinski definition) is 0.